The lowest BCUT2D eigenvalue weighted by Crippen LogP contribution is -2.13. The van der Waals surface area contributed by atoms with Gasteiger partial charge in [0.2, 0.25) is 0 Å². The minimum atomic E-state index is -0.537. The molecule has 0 aliphatic heterocycles. The maximum Gasteiger partial charge on any atom is 0.165 e. The Balaban J connectivity index is 2.03. The first kappa shape index (κ1) is 18.6. The highest BCUT2D eigenvalue weighted by atomic mass is 16.3. The van der Waals surface area contributed by atoms with Crippen LogP contribution in [0.3, 0.4) is 0 Å². The molecule has 0 spiro atoms. The Labute approximate surface area is 133 Å². The zero-order valence-electron chi connectivity index (χ0n) is 13.6. The van der Waals surface area contributed by atoms with Crippen LogP contribution >= 0.6 is 0 Å². The van der Waals surface area contributed by atoms with E-state index in [0.717, 1.165) is 38.5 Å². The first-order chi connectivity index (χ1) is 10.6. The summed E-state index contributed by atoms with van der Waals surface area (Å²) in [5, 5.41) is 9.92. The van der Waals surface area contributed by atoms with Crippen LogP contribution in [0.25, 0.3) is 0 Å². The monoisotopic (exact) mass is 304 g/mol. The molecule has 1 N–H and O–H groups in total. The van der Waals surface area contributed by atoms with Crippen LogP contribution in [0, 0.1) is 0 Å². The molecule has 1 atom stereocenters. The van der Waals surface area contributed by atoms with E-state index in [1.54, 1.807) is 19.1 Å². The van der Waals surface area contributed by atoms with Crippen molar-refractivity contribution in [2.75, 3.05) is 0 Å². The van der Waals surface area contributed by atoms with Crippen LogP contribution in [-0.2, 0) is 4.79 Å². The number of benzene rings is 1. The van der Waals surface area contributed by atoms with Crippen molar-refractivity contribution in [3.63, 3.8) is 0 Å². The SMILES string of the molecule is CC(=O)CCCCCCCCC(O)CC(=O)c1ccccc1. The molecular formula is C19H28O3. The van der Waals surface area contributed by atoms with Crippen molar-refractivity contribution in [3.8, 4) is 0 Å². The van der Waals surface area contributed by atoms with E-state index < -0.39 is 6.10 Å². The number of aliphatic hydroxyl groups is 1. The lowest BCUT2D eigenvalue weighted by molar-refractivity contribution is -0.117. The molecule has 0 saturated heterocycles. The number of hydrogen-bond donors (Lipinski definition) is 1. The van der Waals surface area contributed by atoms with Gasteiger partial charge in [-0.1, -0.05) is 62.4 Å². The number of aliphatic hydroxyl groups excluding tert-OH is 1. The summed E-state index contributed by atoms with van der Waals surface area (Å²) >= 11 is 0. The molecule has 0 aliphatic rings. The molecule has 3 heteroatoms. The van der Waals surface area contributed by atoms with Crippen molar-refractivity contribution in [2.24, 2.45) is 0 Å². The number of Topliss-reactive ketones (excluding diaryl/α,β-unsaturated/α-hetero) is 2. The number of carbonyl (C=O) groups excluding carboxylic acids is 2. The molecule has 3 nitrogen and oxygen atoms in total. The summed E-state index contributed by atoms with van der Waals surface area (Å²) in [6, 6.07) is 9.13. The zero-order valence-corrected chi connectivity index (χ0v) is 13.6. The third-order valence-corrected chi connectivity index (χ3v) is 3.83. The topological polar surface area (TPSA) is 54.4 Å². The van der Waals surface area contributed by atoms with Crippen LogP contribution in [-0.4, -0.2) is 22.8 Å². The summed E-state index contributed by atoms with van der Waals surface area (Å²) in [6.45, 7) is 1.64. The van der Waals surface area contributed by atoms with Crippen molar-refractivity contribution in [1.82, 2.24) is 0 Å². The van der Waals surface area contributed by atoms with Gasteiger partial charge in [-0.15, -0.1) is 0 Å². The highest BCUT2D eigenvalue weighted by Crippen LogP contribution is 2.13. The second-order valence-electron chi connectivity index (χ2n) is 6.01. The predicted molar refractivity (Wildman–Crippen MR) is 89.0 cm³/mol. The molecule has 1 aromatic carbocycles. The van der Waals surface area contributed by atoms with Crippen molar-refractivity contribution >= 4 is 11.6 Å². The number of ketones is 2. The van der Waals surface area contributed by atoms with Crippen LogP contribution in [0.4, 0.5) is 0 Å². The van der Waals surface area contributed by atoms with E-state index in [1.807, 2.05) is 18.2 Å². The third kappa shape index (κ3) is 8.73. The molecule has 0 fully saturated rings. The van der Waals surface area contributed by atoms with Gasteiger partial charge in [-0.05, 0) is 19.8 Å². The minimum absolute atomic E-state index is 0.0114. The van der Waals surface area contributed by atoms with Crippen LogP contribution < -0.4 is 0 Å². The van der Waals surface area contributed by atoms with Gasteiger partial charge in [0.15, 0.2) is 5.78 Å². The van der Waals surface area contributed by atoms with Crippen LogP contribution in [0.1, 0.15) is 75.1 Å². The van der Waals surface area contributed by atoms with E-state index in [2.05, 4.69) is 0 Å². The summed E-state index contributed by atoms with van der Waals surface area (Å²) in [6.07, 6.45) is 7.47. The van der Waals surface area contributed by atoms with E-state index in [-0.39, 0.29) is 18.0 Å². The fourth-order valence-electron chi connectivity index (χ4n) is 2.52. The van der Waals surface area contributed by atoms with Crippen molar-refractivity contribution in [2.45, 2.75) is 70.8 Å². The highest BCUT2D eigenvalue weighted by molar-refractivity contribution is 5.96. The van der Waals surface area contributed by atoms with Gasteiger partial charge in [-0.3, -0.25) is 4.79 Å². The van der Waals surface area contributed by atoms with E-state index >= 15 is 0 Å². The summed E-state index contributed by atoms with van der Waals surface area (Å²) in [7, 11) is 0. The average molecular weight is 304 g/mol. The maximum absolute atomic E-state index is 11.9. The Bertz CT molecular complexity index is 439. The van der Waals surface area contributed by atoms with Gasteiger partial charge in [0.25, 0.3) is 0 Å². The fraction of sp³-hybridized carbons (Fsp3) is 0.579. The summed E-state index contributed by atoms with van der Waals surface area (Å²) in [4.78, 5) is 22.7. The molecule has 1 aromatic rings. The van der Waals surface area contributed by atoms with Crippen molar-refractivity contribution in [1.29, 1.82) is 0 Å². The summed E-state index contributed by atoms with van der Waals surface area (Å²) < 4.78 is 0. The van der Waals surface area contributed by atoms with Gasteiger partial charge in [0, 0.05) is 18.4 Å². The minimum Gasteiger partial charge on any atom is -0.393 e. The molecule has 0 saturated carbocycles. The van der Waals surface area contributed by atoms with Gasteiger partial charge in [-0.2, -0.15) is 0 Å². The Kier molecular flexibility index (Phi) is 9.40. The number of rotatable bonds is 12. The second-order valence-corrected chi connectivity index (χ2v) is 6.01. The third-order valence-electron chi connectivity index (χ3n) is 3.83. The molecule has 0 heterocycles. The molecule has 0 amide bonds. The summed E-state index contributed by atoms with van der Waals surface area (Å²) in [5.74, 6) is 0.281. The molecule has 0 aromatic heterocycles. The Morgan fingerprint density at radius 3 is 2.18 bits per heavy atom. The lowest BCUT2D eigenvalue weighted by Gasteiger charge is -2.09. The normalized spacial score (nSPS) is 12.1. The van der Waals surface area contributed by atoms with Gasteiger partial charge >= 0.3 is 0 Å². The van der Waals surface area contributed by atoms with Crippen LogP contribution in [0.2, 0.25) is 0 Å². The van der Waals surface area contributed by atoms with Gasteiger partial charge < -0.3 is 9.90 Å². The van der Waals surface area contributed by atoms with Gasteiger partial charge in [-0.25, -0.2) is 0 Å². The molecule has 0 aliphatic carbocycles. The second kappa shape index (κ2) is 11.1. The number of carbonyl (C=O) groups is 2. The zero-order chi connectivity index (χ0) is 16.2. The molecular weight excluding hydrogens is 276 g/mol. The molecule has 0 radical (unpaired) electrons. The van der Waals surface area contributed by atoms with Crippen molar-refractivity contribution in [3.05, 3.63) is 35.9 Å². The largest absolute Gasteiger partial charge is 0.393 e. The van der Waals surface area contributed by atoms with Gasteiger partial charge in [0.05, 0.1) is 6.10 Å². The Morgan fingerprint density at radius 1 is 0.955 bits per heavy atom. The van der Waals surface area contributed by atoms with E-state index in [0.29, 0.717) is 18.4 Å². The number of hydrogen-bond acceptors (Lipinski definition) is 3. The van der Waals surface area contributed by atoms with Crippen molar-refractivity contribution < 1.29 is 14.7 Å². The average Bonchev–Trinajstić information content (AvgIpc) is 2.50. The smallest absolute Gasteiger partial charge is 0.165 e. The standard InChI is InChI=1S/C19H28O3/c1-16(20)11-7-4-2-3-5-10-14-18(21)15-19(22)17-12-8-6-9-13-17/h6,8-9,12-13,18,21H,2-5,7,10-11,14-15H2,1H3. The van der Waals surface area contributed by atoms with Gasteiger partial charge in [0.1, 0.15) is 5.78 Å². The Hall–Kier alpha value is -1.48. The molecule has 1 unspecified atom stereocenters. The van der Waals surface area contributed by atoms with Crippen LogP contribution in [0.15, 0.2) is 30.3 Å². The summed E-state index contributed by atoms with van der Waals surface area (Å²) in [5.41, 5.74) is 0.673. The highest BCUT2D eigenvalue weighted by Gasteiger charge is 2.12. The number of unbranched alkanes of at least 4 members (excludes halogenated alkanes) is 5. The van der Waals surface area contributed by atoms with E-state index in [9.17, 15) is 14.7 Å². The first-order valence-electron chi connectivity index (χ1n) is 8.35. The molecule has 22 heavy (non-hydrogen) atoms. The fourth-order valence-corrected chi connectivity index (χ4v) is 2.52. The van der Waals surface area contributed by atoms with E-state index in [4.69, 9.17) is 0 Å². The molecule has 0 bridgehead atoms. The quantitative estimate of drug-likeness (QED) is 0.462. The van der Waals surface area contributed by atoms with E-state index in [1.165, 1.54) is 0 Å². The maximum atomic E-state index is 11.9. The molecule has 122 valence electrons. The lowest BCUT2D eigenvalue weighted by atomic mass is 10.0. The Morgan fingerprint density at radius 2 is 1.55 bits per heavy atom. The van der Waals surface area contributed by atoms with Crippen LogP contribution in [0.5, 0.6) is 0 Å². The predicted octanol–water partition coefficient (Wildman–Crippen LogP) is 4.33. The first-order valence-corrected chi connectivity index (χ1v) is 8.35. The molecule has 1 rings (SSSR count).